The van der Waals surface area contributed by atoms with Crippen LogP contribution in [0.15, 0.2) is 96.2 Å². The van der Waals surface area contributed by atoms with Gasteiger partial charge < -0.3 is 20.9 Å². The van der Waals surface area contributed by atoms with Crippen LogP contribution >= 0.6 is 0 Å². The highest BCUT2D eigenvalue weighted by molar-refractivity contribution is 5.84. The summed E-state index contributed by atoms with van der Waals surface area (Å²) in [4.78, 5) is 22.2. The van der Waals surface area contributed by atoms with Crippen molar-refractivity contribution < 1.29 is 23.0 Å². The summed E-state index contributed by atoms with van der Waals surface area (Å²) in [6.45, 7) is 0.453. The van der Waals surface area contributed by atoms with E-state index in [1.807, 2.05) is 30.3 Å². The SMILES string of the molecule is Nc1ncnc(N[C@@H](CCOCc2ccccc2)c2nn3cccc3c(=O)n2-c2cc(F)cc(F)c2)c1-c1cc(O)cc(F)c1. The molecule has 1 atom stereocenters. The first-order valence-corrected chi connectivity index (χ1v) is 13.8. The van der Waals surface area contributed by atoms with Crippen LogP contribution < -0.4 is 16.6 Å². The number of anilines is 2. The van der Waals surface area contributed by atoms with E-state index in [-0.39, 0.29) is 58.6 Å². The monoisotopic (exact) mass is 613 g/mol. The number of phenols is 1. The van der Waals surface area contributed by atoms with Crippen LogP contribution in [-0.4, -0.2) is 35.9 Å². The molecule has 0 bridgehead atoms. The third-order valence-corrected chi connectivity index (χ3v) is 7.03. The van der Waals surface area contributed by atoms with E-state index in [0.717, 1.165) is 34.4 Å². The molecule has 0 amide bonds. The number of benzene rings is 3. The van der Waals surface area contributed by atoms with Crippen LogP contribution in [0.25, 0.3) is 22.3 Å². The topological polar surface area (TPSA) is 133 Å². The number of phenolic OH excluding ortho intramolecular Hbond substituents is 1. The van der Waals surface area contributed by atoms with E-state index >= 15 is 0 Å². The second-order valence-corrected chi connectivity index (χ2v) is 10.2. The van der Waals surface area contributed by atoms with Gasteiger partial charge in [-0.2, -0.15) is 5.10 Å². The number of hydrogen-bond acceptors (Lipinski definition) is 8. The van der Waals surface area contributed by atoms with E-state index in [0.29, 0.717) is 12.7 Å². The van der Waals surface area contributed by atoms with E-state index < -0.39 is 29.1 Å². The number of fused-ring (bicyclic) bond motifs is 1. The predicted molar refractivity (Wildman–Crippen MR) is 161 cm³/mol. The van der Waals surface area contributed by atoms with Crippen LogP contribution in [0.2, 0.25) is 0 Å². The van der Waals surface area contributed by atoms with E-state index in [1.54, 1.807) is 12.3 Å². The Labute approximate surface area is 254 Å². The highest BCUT2D eigenvalue weighted by Gasteiger charge is 2.25. The maximum atomic E-state index is 14.4. The summed E-state index contributed by atoms with van der Waals surface area (Å²) in [6.07, 6.45) is 2.95. The minimum Gasteiger partial charge on any atom is -0.508 e. The third-order valence-electron chi connectivity index (χ3n) is 7.03. The van der Waals surface area contributed by atoms with Crippen molar-refractivity contribution in [2.45, 2.75) is 19.1 Å². The van der Waals surface area contributed by atoms with Gasteiger partial charge in [0.2, 0.25) is 0 Å². The summed E-state index contributed by atoms with van der Waals surface area (Å²) in [5.74, 6) is -2.65. The molecule has 3 aromatic carbocycles. The fourth-order valence-corrected chi connectivity index (χ4v) is 5.05. The lowest BCUT2D eigenvalue weighted by Gasteiger charge is -2.24. The predicted octanol–water partition coefficient (Wildman–Crippen LogP) is 5.41. The van der Waals surface area contributed by atoms with Gasteiger partial charge >= 0.3 is 0 Å². The molecule has 4 N–H and O–H groups in total. The second kappa shape index (κ2) is 12.5. The smallest absolute Gasteiger partial charge is 0.282 e. The number of nitrogens with one attached hydrogen (secondary N) is 1. The number of hydrogen-bond donors (Lipinski definition) is 3. The van der Waals surface area contributed by atoms with E-state index in [2.05, 4.69) is 20.4 Å². The maximum Gasteiger partial charge on any atom is 0.282 e. The van der Waals surface area contributed by atoms with Crippen molar-refractivity contribution in [1.82, 2.24) is 24.1 Å². The number of rotatable bonds is 10. The van der Waals surface area contributed by atoms with Crippen molar-refractivity contribution in [3.8, 4) is 22.6 Å². The van der Waals surface area contributed by atoms with Crippen LogP contribution in [0.1, 0.15) is 23.9 Å². The fraction of sp³-hybridized carbons (Fsp3) is 0.125. The van der Waals surface area contributed by atoms with Crippen LogP contribution in [0.4, 0.5) is 24.8 Å². The standard InChI is InChI=1S/C32H26F3N7O3/c33-21-11-20(12-25(43)16-21)28-29(36)37-18-38-30(28)39-26(8-10-45-17-19-5-2-1-3-6-19)31-40-41-9-4-7-27(41)32(44)42(31)24-14-22(34)13-23(35)15-24/h1-7,9,11-16,18,26,43H,8,10,17H2,(H3,36,37,38,39)/t26-/m0/s1. The van der Waals surface area contributed by atoms with E-state index in [4.69, 9.17) is 10.5 Å². The van der Waals surface area contributed by atoms with Crippen molar-refractivity contribution in [3.05, 3.63) is 131 Å². The van der Waals surface area contributed by atoms with Crippen LogP contribution in [0.5, 0.6) is 5.75 Å². The molecule has 0 aliphatic heterocycles. The molecule has 0 unspecified atom stereocenters. The summed E-state index contributed by atoms with van der Waals surface area (Å²) in [5.41, 5.74) is 7.03. The first-order valence-electron chi connectivity index (χ1n) is 13.8. The Bertz CT molecular complexity index is 2010. The van der Waals surface area contributed by atoms with Crippen molar-refractivity contribution in [3.63, 3.8) is 0 Å². The number of ether oxygens (including phenoxy) is 1. The molecule has 6 aromatic rings. The Kier molecular flexibility index (Phi) is 8.16. The summed E-state index contributed by atoms with van der Waals surface area (Å²) in [5, 5.41) is 18.0. The van der Waals surface area contributed by atoms with Gasteiger partial charge in [0.05, 0.1) is 23.9 Å². The van der Waals surface area contributed by atoms with Gasteiger partial charge in [-0.05, 0) is 53.9 Å². The number of aromatic hydroxyl groups is 1. The molecule has 0 aliphatic carbocycles. The van der Waals surface area contributed by atoms with Crippen molar-refractivity contribution in [1.29, 1.82) is 0 Å². The lowest BCUT2D eigenvalue weighted by molar-refractivity contribution is 0.114. The van der Waals surface area contributed by atoms with E-state index in [9.17, 15) is 23.1 Å². The fourth-order valence-electron chi connectivity index (χ4n) is 5.05. The van der Waals surface area contributed by atoms with Crippen molar-refractivity contribution >= 4 is 17.2 Å². The lowest BCUT2D eigenvalue weighted by Crippen LogP contribution is -2.31. The second-order valence-electron chi connectivity index (χ2n) is 10.2. The largest absolute Gasteiger partial charge is 0.508 e. The number of aromatic nitrogens is 5. The molecule has 0 aliphatic rings. The number of nitrogens with zero attached hydrogens (tertiary/aromatic N) is 5. The van der Waals surface area contributed by atoms with Gasteiger partial charge in [-0.25, -0.2) is 27.7 Å². The van der Waals surface area contributed by atoms with E-state index in [1.165, 1.54) is 23.0 Å². The molecule has 0 spiro atoms. The Morgan fingerprint density at radius 3 is 2.44 bits per heavy atom. The van der Waals surface area contributed by atoms with Gasteiger partial charge in [-0.1, -0.05) is 30.3 Å². The normalized spacial score (nSPS) is 12.0. The Hall–Kier alpha value is -5.69. The average molecular weight is 614 g/mol. The Morgan fingerprint density at radius 1 is 0.933 bits per heavy atom. The zero-order valence-electron chi connectivity index (χ0n) is 23.6. The molecular weight excluding hydrogens is 587 g/mol. The minimum atomic E-state index is -0.887. The number of nitrogens with two attached hydrogens (primary N) is 1. The van der Waals surface area contributed by atoms with Crippen molar-refractivity contribution in [2.75, 3.05) is 17.7 Å². The summed E-state index contributed by atoms with van der Waals surface area (Å²) in [7, 11) is 0. The van der Waals surface area contributed by atoms with Gasteiger partial charge in [-0.3, -0.25) is 9.36 Å². The van der Waals surface area contributed by atoms with Gasteiger partial charge in [0.15, 0.2) is 5.82 Å². The number of halogens is 3. The molecule has 0 fully saturated rings. The summed E-state index contributed by atoms with van der Waals surface area (Å²) < 4.78 is 51.6. The van der Waals surface area contributed by atoms with Gasteiger partial charge in [0, 0.05) is 24.9 Å². The molecule has 3 aromatic heterocycles. The maximum absolute atomic E-state index is 14.4. The molecule has 0 radical (unpaired) electrons. The molecule has 0 saturated carbocycles. The molecule has 3 heterocycles. The Balaban J connectivity index is 1.47. The Morgan fingerprint density at radius 2 is 1.69 bits per heavy atom. The first kappa shape index (κ1) is 29.4. The molecular formula is C32H26F3N7O3. The third kappa shape index (κ3) is 6.33. The minimum absolute atomic E-state index is 0.0185. The quantitative estimate of drug-likeness (QED) is 0.175. The first-order chi connectivity index (χ1) is 21.8. The highest BCUT2D eigenvalue weighted by Crippen LogP contribution is 2.35. The zero-order chi connectivity index (χ0) is 31.5. The zero-order valence-corrected chi connectivity index (χ0v) is 23.6. The summed E-state index contributed by atoms with van der Waals surface area (Å²) in [6, 6.07) is 17.9. The molecule has 0 saturated heterocycles. The number of nitrogen functional groups attached to an aromatic ring is 1. The van der Waals surface area contributed by atoms with Gasteiger partial charge in [-0.15, -0.1) is 0 Å². The summed E-state index contributed by atoms with van der Waals surface area (Å²) >= 11 is 0. The molecule has 228 valence electrons. The van der Waals surface area contributed by atoms with Crippen LogP contribution in [0, 0.1) is 17.5 Å². The highest BCUT2D eigenvalue weighted by atomic mass is 19.1. The molecule has 45 heavy (non-hydrogen) atoms. The van der Waals surface area contributed by atoms with Crippen LogP contribution in [-0.2, 0) is 11.3 Å². The molecule has 13 heteroatoms. The molecule has 6 rings (SSSR count). The molecule has 10 nitrogen and oxygen atoms in total. The van der Waals surface area contributed by atoms with Gasteiger partial charge in [0.1, 0.15) is 46.7 Å². The van der Waals surface area contributed by atoms with Gasteiger partial charge in [0.25, 0.3) is 5.56 Å². The lowest BCUT2D eigenvalue weighted by atomic mass is 10.1. The van der Waals surface area contributed by atoms with Crippen LogP contribution in [0.3, 0.4) is 0 Å². The van der Waals surface area contributed by atoms with Crippen molar-refractivity contribution in [2.24, 2.45) is 0 Å². The average Bonchev–Trinajstić information content (AvgIpc) is 3.47.